The van der Waals surface area contributed by atoms with E-state index in [1.165, 1.54) is 11.1 Å². The Bertz CT molecular complexity index is 233. The van der Waals surface area contributed by atoms with E-state index in [0.29, 0.717) is 6.54 Å². The van der Waals surface area contributed by atoms with Gasteiger partial charge in [0.25, 0.3) is 0 Å². The van der Waals surface area contributed by atoms with Gasteiger partial charge in [0.15, 0.2) is 0 Å². The van der Waals surface area contributed by atoms with Gasteiger partial charge in [0.05, 0.1) is 0 Å². The van der Waals surface area contributed by atoms with Crippen molar-refractivity contribution in [3.63, 3.8) is 0 Å². The van der Waals surface area contributed by atoms with Gasteiger partial charge in [0.2, 0.25) is 0 Å². The molecule has 0 aliphatic carbocycles. The maximum atomic E-state index is 5.45. The van der Waals surface area contributed by atoms with Crippen LogP contribution in [-0.2, 0) is 6.54 Å². The Kier molecular flexibility index (Phi) is 6.53. The molecule has 0 aliphatic rings. The van der Waals surface area contributed by atoms with Crippen LogP contribution in [0.25, 0.3) is 0 Å². The van der Waals surface area contributed by atoms with E-state index >= 15 is 0 Å². The monoisotopic (exact) mass is 181 g/mol. The number of rotatable bonds is 1. The van der Waals surface area contributed by atoms with Crippen molar-refractivity contribution in [2.24, 2.45) is 5.73 Å². The highest BCUT2D eigenvalue weighted by Gasteiger charge is 1.89. The summed E-state index contributed by atoms with van der Waals surface area (Å²) in [7, 11) is 0. The van der Waals surface area contributed by atoms with Gasteiger partial charge in [-0.1, -0.05) is 36.5 Å². The fourth-order valence-corrected chi connectivity index (χ4v) is 0.839. The molecule has 0 saturated heterocycles. The Morgan fingerprint density at radius 1 is 1.42 bits per heavy atom. The molecule has 1 nitrogen and oxygen atoms in total. The van der Waals surface area contributed by atoms with Crippen LogP contribution >= 0.6 is 12.2 Å². The van der Waals surface area contributed by atoms with E-state index in [4.69, 9.17) is 5.73 Å². The molecule has 12 heavy (non-hydrogen) atoms. The Balaban J connectivity index is 0.000000354. The summed E-state index contributed by atoms with van der Waals surface area (Å²) in [6.45, 7) is 4.53. The van der Waals surface area contributed by atoms with Crippen LogP contribution in [0, 0.1) is 6.92 Å². The van der Waals surface area contributed by atoms with Crippen molar-refractivity contribution in [2.45, 2.75) is 20.4 Å². The highest BCUT2D eigenvalue weighted by atomic mass is 32.1. The Hall–Kier alpha value is -0.730. The number of hydrogen-bond donors (Lipinski definition) is 1. The third-order valence-corrected chi connectivity index (χ3v) is 1.48. The Morgan fingerprint density at radius 3 is 2.25 bits per heavy atom. The number of hydrogen-bond acceptors (Lipinski definition) is 2. The van der Waals surface area contributed by atoms with Gasteiger partial charge in [-0.2, -0.15) is 0 Å². The Morgan fingerprint density at radius 2 is 1.92 bits per heavy atom. The van der Waals surface area contributed by atoms with E-state index in [9.17, 15) is 0 Å². The molecule has 66 valence electrons. The van der Waals surface area contributed by atoms with Gasteiger partial charge in [0.1, 0.15) is 0 Å². The van der Waals surface area contributed by atoms with Crippen molar-refractivity contribution in [1.29, 1.82) is 0 Å². The van der Waals surface area contributed by atoms with Gasteiger partial charge in [0, 0.05) is 6.54 Å². The van der Waals surface area contributed by atoms with Gasteiger partial charge >= 0.3 is 0 Å². The fraction of sp³-hybridized carbons (Fsp3) is 0.300. The van der Waals surface area contributed by atoms with E-state index in [2.05, 4.69) is 31.3 Å². The predicted molar refractivity (Wildman–Crippen MR) is 58.4 cm³/mol. The molecule has 0 aliphatic heterocycles. The molecule has 2 heteroatoms. The average Bonchev–Trinajstić information content (AvgIpc) is 2.07. The molecule has 0 unspecified atom stereocenters. The third kappa shape index (κ3) is 4.21. The number of benzene rings is 1. The molecule has 0 bridgehead atoms. The largest absolute Gasteiger partial charge is 0.326 e. The molecule has 0 spiro atoms. The zero-order chi connectivity index (χ0) is 9.40. The van der Waals surface area contributed by atoms with Gasteiger partial charge in [-0.15, -0.1) is 0 Å². The smallest absolute Gasteiger partial charge is 0.0180 e. The molecule has 2 N–H and O–H groups in total. The topological polar surface area (TPSA) is 26.0 Å². The van der Waals surface area contributed by atoms with Crippen LogP contribution in [0.3, 0.4) is 0 Å². The van der Waals surface area contributed by atoms with E-state index in [-0.39, 0.29) is 0 Å². The molecule has 0 heterocycles. The van der Waals surface area contributed by atoms with Crippen LogP contribution in [0.4, 0.5) is 0 Å². The summed E-state index contributed by atoms with van der Waals surface area (Å²) in [5.41, 5.74) is 7.96. The lowest BCUT2D eigenvalue weighted by molar-refractivity contribution is 1.05. The average molecular weight is 181 g/mol. The highest BCUT2D eigenvalue weighted by Crippen LogP contribution is 2.04. The first kappa shape index (κ1) is 11.3. The summed E-state index contributed by atoms with van der Waals surface area (Å²) in [4.78, 5) is 0. The molecular weight excluding hydrogens is 166 g/mol. The molecule has 0 fully saturated rings. The molecule has 1 aromatic rings. The van der Waals surface area contributed by atoms with E-state index in [1.54, 1.807) is 5.37 Å². The predicted octanol–water partition coefficient (Wildman–Crippen LogP) is 2.46. The first-order chi connectivity index (χ1) is 5.76. The second-order valence-electron chi connectivity index (χ2n) is 2.37. The first-order valence-corrected chi connectivity index (χ1v) is 4.37. The van der Waals surface area contributed by atoms with Gasteiger partial charge in [-0.05, 0) is 30.3 Å². The van der Waals surface area contributed by atoms with Crippen molar-refractivity contribution in [3.8, 4) is 0 Å². The van der Waals surface area contributed by atoms with Gasteiger partial charge in [-0.3, -0.25) is 0 Å². The maximum absolute atomic E-state index is 5.45. The van der Waals surface area contributed by atoms with E-state index < -0.39 is 0 Å². The Labute approximate surface area is 79.6 Å². The van der Waals surface area contributed by atoms with Crippen LogP contribution in [-0.4, -0.2) is 5.37 Å². The fourth-order valence-electron chi connectivity index (χ4n) is 0.839. The highest BCUT2D eigenvalue weighted by molar-refractivity contribution is 7.78. The molecule has 0 saturated carbocycles. The second-order valence-corrected chi connectivity index (χ2v) is 2.84. The summed E-state index contributed by atoms with van der Waals surface area (Å²) >= 11 is 4.27. The van der Waals surface area contributed by atoms with Crippen LogP contribution in [0.15, 0.2) is 24.3 Å². The molecule has 0 radical (unpaired) electrons. The van der Waals surface area contributed by atoms with Crippen LogP contribution < -0.4 is 5.73 Å². The molecular formula is C10H15NS. The van der Waals surface area contributed by atoms with Crippen molar-refractivity contribution < 1.29 is 0 Å². The standard InChI is InChI=1S/C8H11N.C2H4S/c1-7-4-2-3-5-8(7)6-9;1-2-3/h2-5H,6,9H2,1H3;2H,1H3. The third-order valence-electron chi connectivity index (χ3n) is 1.48. The zero-order valence-corrected chi connectivity index (χ0v) is 8.40. The van der Waals surface area contributed by atoms with Crippen molar-refractivity contribution in [2.75, 3.05) is 0 Å². The van der Waals surface area contributed by atoms with Crippen LogP contribution in [0.5, 0.6) is 0 Å². The zero-order valence-electron chi connectivity index (χ0n) is 7.58. The number of aryl methyl sites for hydroxylation is 1. The summed E-state index contributed by atoms with van der Waals surface area (Å²) < 4.78 is 0. The number of thiocarbonyl (C=S) groups is 1. The van der Waals surface area contributed by atoms with Gasteiger partial charge < -0.3 is 5.73 Å². The summed E-state index contributed by atoms with van der Waals surface area (Å²) in [6, 6.07) is 8.15. The first-order valence-electron chi connectivity index (χ1n) is 3.90. The van der Waals surface area contributed by atoms with E-state index in [0.717, 1.165) is 0 Å². The minimum Gasteiger partial charge on any atom is -0.326 e. The van der Waals surface area contributed by atoms with E-state index in [1.807, 2.05) is 19.1 Å². The molecule has 1 aromatic carbocycles. The van der Waals surface area contributed by atoms with Gasteiger partial charge in [-0.25, -0.2) is 0 Å². The summed E-state index contributed by atoms with van der Waals surface area (Å²) in [5, 5.41) is 1.58. The maximum Gasteiger partial charge on any atom is 0.0180 e. The summed E-state index contributed by atoms with van der Waals surface area (Å²) in [5.74, 6) is 0. The van der Waals surface area contributed by atoms with Crippen molar-refractivity contribution in [1.82, 2.24) is 0 Å². The normalized spacial score (nSPS) is 8.25. The lowest BCUT2D eigenvalue weighted by atomic mass is 10.1. The molecule has 0 atom stereocenters. The van der Waals surface area contributed by atoms with Crippen molar-refractivity contribution in [3.05, 3.63) is 35.4 Å². The second kappa shape index (κ2) is 6.95. The van der Waals surface area contributed by atoms with Crippen molar-refractivity contribution >= 4 is 17.6 Å². The summed E-state index contributed by atoms with van der Waals surface area (Å²) in [6.07, 6.45) is 0. The quantitative estimate of drug-likeness (QED) is 0.673. The number of nitrogens with two attached hydrogens (primary N) is 1. The lowest BCUT2D eigenvalue weighted by Gasteiger charge is -1.98. The van der Waals surface area contributed by atoms with Crippen LogP contribution in [0.1, 0.15) is 18.1 Å². The minimum atomic E-state index is 0.646. The lowest BCUT2D eigenvalue weighted by Crippen LogP contribution is -1.97. The SMILES string of the molecule is CC=S.Cc1ccccc1CN. The molecule has 0 amide bonds. The molecule has 1 rings (SSSR count). The molecule has 0 aromatic heterocycles. The minimum absolute atomic E-state index is 0.646. The van der Waals surface area contributed by atoms with Crippen LogP contribution in [0.2, 0.25) is 0 Å².